The molecule has 0 aliphatic carbocycles. The summed E-state index contributed by atoms with van der Waals surface area (Å²) in [5.41, 5.74) is 0.714. The maximum atomic E-state index is 13.3. The van der Waals surface area contributed by atoms with Crippen LogP contribution in [0.3, 0.4) is 0 Å². The molecule has 0 radical (unpaired) electrons. The molecule has 2 heterocycles. The summed E-state index contributed by atoms with van der Waals surface area (Å²) in [6.45, 7) is 3.00. The minimum Gasteiger partial charge on any atom is -0.319 e. The third-order valence-electron chi connectivity index (χ3n) is 6.06. The summed E-state index contributed by atoms with van der Waals surface area (Å²) in [5, 5.41) is 12.4. The molecule has 1 saturated heterocycles. The number of hydrogen-bond donors (Lipinski definition) is 2. The van der Waals surface area contributed by atoms with Crippen LogP contribution < -0.4 is 10.6 Å². The summed E-state index contributed by atoms with van der Waals surface area (Å²) in [7, 11) is 0. The fourth-order valence-corrected chi connectivity index (χ4v) is 4.44. The molecule has 2 N–H and O–H groups in total. The highest BCUT2D eigenvalue weighted by Crippen LogP contribution is 2.31. The van der Waals surface area contributed by atoms with Crippen molar-refractivity contribution in [3.63, 3.8) is 0 Å². The van der Waals surface area contributed by atoms with Gasteiger partial charge in [-0.1, -0.05) is 54.1 Å². The molecule has 0 saturated carbocycles. The normalized spacial score (nSPS) is 17.6. The number of anilines is 1. The van der Waals surface area contributed by atoms with Gasteiger partial charge in [0.15, 0.2) is 0 Å². The van der Waals surface area contributed by atoms with Crippen LogP contribution in [0.25, 0.3) is 16.5 Å². The molecule has 9 heteroatoms. The Kier molecular flexibility index (Phi) is 5.53. The Morgan fingerprint density at radius 3 is 2.57 bits per heavy atom. The maximum Gasteiger partial charge on any atom is 0.325 e. The molecule has 35 heavy (non-hydrogen) atoms. The van der Waals surface area contributed by atoms with E-state index in [0.717, 1.165) is 15.7 Å². The zero-order valence-corrected chi connectivity index (χ0v) is 19.8. The number of aryl methyl sites for hydroxylation is 1. The molecule has 1 aromatic heterocycles. The Bertz CT molecular complexity index is 1500. The Hall–Kier alpha value is -4.17. The van der Waals surface area contributed by atoms with Crippen LogP contribution in [-0.4, -0.2) is 39.1 Å². The van der Waals surface area contributed by atoms with Gasteiger partial charge in [0.05, 0.1) is 11.4 Å². The predicted octanol–water partition coefficient (Wildman–Crippen LogP) is 4.39. The van der Waals surface area contributed by atoms with Crippen molar-refractivity contribution >= 4 is 46.0 Å². The van der Waals surface area contributed by atoms with Crippen LogP contribution in [0.5, 0.6) is 0 Å². The lowest BCUT2D eigenvalue weighted by molar-refractivity contribution is -0.133. The van der Waals surface area contributed by atoms with Crippen molar-refractivity contribution in [2.24, 2.45) is 0 Å². The summed E-state index contributed by atoms with van der Waals surface area (Å²) in [6, 6.07) is 21.5. The highest BCUT2D eigenvalue weighted by molar-refractivity contribution is 6.30. The van der Waals surface area contributed by atoms with Crippen LogP contribution in [0.2, 0.25) is 5.02 Å². The lowest BCUT2D eigenvalue weighted by Crippen LogP contribution is -2.42. The SMILES string of the molecule is Cc1cc(NC(=O)CN2C(=O)NC(C)(c3ccc4ccccc4c3)C2=O)n(-c2cccc(Cl)c2)n1. The number of carbonyl (C=O) groups excluding carboxylic acids is 3. The van der Waals surface area contributed by atoms with E-state index in [2.05, 4.69) is 15.7 Å². The van der Waals surface area contributed by atoms with Gasteiger partial charge in [0.2, 0.25) is 5.91 Å². The molecular formula is C26H22ClN5O3. The highest BCUT2D eigenvalue weighted by atomic mass is 35.5. The van der Waals surface area contributed by atoms with Crippen molar-refractivity contribution < 1.29 is 14.4 Å². The Morgan fingerprint density at radius 2 is 1.80 bits per heavy atom. The van der Waals surface area contributed by atoms with E-state index in [1.165, 1.54) is 0 Å². The van der Waals surface area contributed by atoms with Gasteiger partial charge in [-0.05, 0) is 54.4 Å². The van der Waals surface area contributed by atoms with E-state index in [-0.39, 0.29) is 0 Å². The monoisotopic (exact) mass is 487 g/mol. The Labute approximate surface area is 206 Å². The van der Waals surface area contributed by atoms with Crippen molar-refractivity contribution in [2.45, 2.75) is 19.4 Å². The van der Waals surface area contributed by atoms with E-state index in [0.29, 0.717) is 27.8 Å². The fraction of sp³-hybridized carbons (Fsp3) is 0.154. The second kappa shape index (κ2) is 8.56. The number of amides is 4. The topological polar surface area (TPSA) is 96.3 Å². The van der Waals surface area contributed by atoms with Crippen molar-refractivity contribution in [2.75, 3.05) is 11.9 Å². The standard InChI is InChI=1S/C26H22ClN5O3/c1-16-12-22(32(30-16)21-9-5-8-20(27)14-21)28-23(33)15-31-24(34)26(2,29-25(31)35)19-11-10-17-6-3-4-7-18(17)13-19/h3-14H,15H2,1-2H3,(H,28,33)(H,29,35). The second-order valence-electron chi connectivity index (χ2n) is 8.62. The number of nitrogens with zero attached hydrogens (tertiary/aromatic N) is 3. The molecule has 1 atom stereocenters. The third kappa shape index (κ3) is 4.13. The number of benzene rings is 3. The van der Waals surface area contributed by atoms with E-state index in [9.17, 15) is 14.4 Å². The molecule has 8 nitrogen and oxygen atoms in total. The summed E-state index contributed by atoms with van der Waals surface area (Å²) >= 11 is 6.10. The van der Waals surface area contributed by atoms with Gasteiger partial charge >= 0.3 is 6.03 Å². The zero-order chi connectivity index (χ0) is 24.7. The third-order valence-corrected chi connectivity index (χ3v) is 6.29. The molecule has 176 valence electrons. The number of halogens is 1. The number of aromatic nitrogens is 2. The van der Waals surface area contributed by atoms with Gasteiger partial charge in [-0.15, -0.1) is 0 Å². The molecule has 4 amide bonds. The Balaban J connectivity index is 1.36. The van der Waals surface area contributed by atoms with E-state index in [4.69, 9.17) is 11.6 Å². The van der Waals surface area contributed by atoms with E-state index in [1.54, 1.807) is 48.9 Å². The first-order valence-electron chi connectivity index (χ1n) is 11.0. The molecule has 1 aliphatic rings. The molecule has 0 bridgehead atoms. The molecule has 1 fully saturated rings. The van der Waals surface area contributed by atoms with Crippen molar-refractivity contribution in [3.05, 3.63) is 89.1 Å². The number of urea groups is 1. The van der Waals surface area contributed by atoms with Crippen LogP contribution in [0.15, 0.2) is 72.8 Å². The van der Waals surface area contributed by atoms with Gasteiger partial charge in [0.25, 0.3) is 5.91 Å². The average Bonchev–Trinajstić information content (AvgIpc) is 3.30. The van der Waals surface area contributed by atoms with Crippen molar-refractivity contribution in [1.29, 1.82) is 0 Å². The number of hydrogen-bond acceptors (Lipinski definition) is 4. The van der Waals surface area contributed by atoms with E-state index < -0.39 is 29.9 Å². The number of fused-ring (bicyclic) bond motifs is 1. The molecule has 3 aromatic carbocycles. The first-order valence-corrected chi connectivity index (χ1v) is 11.4. The van der Waals surface area contributed by atoms with Crippen molar-refractivity contribution in [1.82, 2.24) is 20.0 Å². The van der Waals surface area contributed by atoms with Gasteiger partial charge in [-0.3, -0.25) is 14.5 Å². The van der Waals surface area contributed by atoms with Gasteiger partial charge < -0.3 is 10.6 Å². The molecule has 4 aromatic rings. The quantitative estimate of drug-likeness (QED) is 0.408. The zero-order valence-electron chi connectivity index (χ0n) is 19.1. The number of carbonyl (C=O) groups is 3. The summed E-state index contributed by atoms with van der Waals surface area (Å²) in [6.07, 6.45) is 0. The van der Waals surface area contributed by atoms with Crippen LogP contribution in [0, 0.1) is 6.92 Å². The Morgan fingerprint density at radius 1 is 1.03 bits per heavy atom. The van der Waals surface area contributed by atoms with Crippen LogP contribution in [-0.2, 0) is 15.1 Å². The highest BCUT2D eigenvalue weighted by Gasteiger charge is 2.49. The number of imide groups is 1. The lowest BCUT2D eigenvalue weighted by Gasteiger charge is -2.22. The molecule has 5 rings (SSSR count). The molecule has 1 unspecified atom stereocenters. The first kappa shape index (κ1) is 22.6. The maximum absolute atomic E-state index is 13.3. The number of nitrogens with one attached hydrogen (secondary N) is 2. The minimum absolute atomic E-state index is 0.402. The van der Waals surface area contributed by atoms with Gasteiger partial charge in [-0.25, -0.2) is 9.48 Å². The lowest BCUT2D eigenvalue weighted by atomic mass is 9.90. The first-order chi connectivity index (χ1) is 16.7. The molecule has 1 aliphatic heterocycles. The van der Waals surface area contributed by atoms with Gasteiger partial charge in [0, 0.05) is 11.1 Å². The fourth-order valence-electron chi connectivity index (χ4n) is 4.26. The summed E-state index contributed by atoms with van der Waals surface area (Å²) < 4.78 is 1.55. The van der Waals surface area contributed by atoms with Gasteiger partial charge in [0.1, 0.15) is 17.9 Å². The smallest absolute Gasteiger partial charge is 0.319 e. The average molecular weight is 488 g/mol. The molecule has 0 spiro atoms. The van der Waals surface area contributed by atoms with Crippen LogP contribution >= 0.6 is 11.6 Å². The number of rotatable bonds is 5. The molecular weight excluding hydrogens is 466 g/mol. The van der Waals surface area contributed by atoms with Crippen LogP contribution in [0.1, 0.15) is 18.2 Å². The largest absolute Gasteiger partial charge is 0.325 e. The second-order valence-corrected chi connectivity index (χ2v) is 9.06. The summed E-state index contributed by atoms with van der Waals surface area (Å²) in [5.74, 6) is -0.619. The predicted molar refractivity (Wildman–Crippen MR) is 133 cm³/mol. The van der Waals surface area contributed by atoms with Crippen LogP contribution in [0.4, 0.5) is 10.6 Å². The van der Waals surface area contributed by atoms with Crippen molar-refractivity contribution in [3.8, 4) is 5.69 Å². The van der Waals surface area contributed by atoms with E-state index in [1.807, 2.05) is 42.5 Å². The van der Waals surface area contributed by atoms with E-state index >= 15 is 0 Å². The summed E-state index contributed by atoms with van der Waals surface area (Å²) in [4.78, 5) is 39.9. The minimum atomic E-state index is -1.28. The van der Waals surface area contributed by atoms with Gasteiger partial charge in [-0.2, -0.15) is 5.10 Å².